The Morgan fingerprint density at radius 1 is 0.800 bits per heavy atom. The van der Waals surface area contributed by atoms with Crippen LogP contribution >= 0.6 is 0 Å². The smallest absolute Gasteiger partial charge is 0.282 e. The van der Waals surface area contributed by atoms with Gasteiger partial charge in [0.2, 0.25) is 0 Å². The molecule has 0 saturated heterocycles. The van der Waals surface area contributed by atoms with Crippen LogP contribution < -0.4 is 19.8 Å². The van der Waals surface area contributed by atoms with Gasteiger partial charge in [0.15, 0.2) is 17.3 Å². The molecule has 1 aromatic heterocycles. The Morgan fingerprint density at radius 2 is 1.57 bits per heavy atom. The summed E-state index contributed by atoms with van der Waals surface area (Å²) in [6.45, 7) is 0. The lowest BCUT2D eigenvalue weighted by atomic mass is 10.1. The van der Waals surface area contributed by atoms with E-state index in [1.54, 1.807) is 45.7 Å². The van der Waals surface area contributed by atoms with Crippen LogP contribution in [0.15, 0.2) is 88.8 Å². The van der Waals surface area contributed by atoms with Crippen LogP contribution in [-0.4, -0.2) is 37.2 Å². The van der Waals surface area contributed by atoms with Gasteiger partial charge < -0.3 is 14.2 Å². The zero-order chi connectivity index (χ0) is 24.4. The molecule has 5 rings (SSSR count). The minimum atomic E-state index is -0.262. The second kappa shape index (κ2) is 9.30. The summed E-state index contributed by atoms with van der Waals surface area (Å²) in [6, 6.07) is 24.4. The molecule has 174 valence electrons. The van der Waals surface area contributed by atoms with Crippen LogP contribution in [-0.2, 0) is 0 Å². The summed E-state index contributed by atoms with van der Waals surface area (Å²) in [5.41, 5.74) is 1.85. The second-order valence-electron chi connectivity index (χ2n) is 7.86. The van der Waals surface area contributed by atoms with Crippen LogP contribution in [0.4, 0.5) is 0 Å². The average Bonchev–Trinajstić information content (AvgIpc) is 2.91. The molecule has 0 amide bonds. The zero-order valence-corrected chi connectivity index (χ0v) is 19.6. The monoisotopic (exact) mass is 465 g/mol. The van der Waals surface area contributed by atoms with Gasteiger partial charge in [-0.1, -0.05) is 30.3 Å². The largest absolute Gasteiger partial charge is 0.497 e. The summed E-state index contributed by atoms with van der Waals surface area (Å²) in [7, 11) is 4.79. The summed E-state index contributed by atoms with van der Waals surface area (Å²) in [5, 5.41) is 7.14. The SMILES string of the molecule is COc1ccc2cc(C=Nn3c(-c4ccc(OC)c(OC)c4)nc4ccccc4c3=O)ccc2c1. The summed E-state index contributed by atoms with van der Waals surface area (Å²) in [4.78, 5) is 18.2. The van der Waals surface area contributed by atoms with E-state index >= 15 is 0 Å². The molecule has 0 atom stereocenters. The van der Waals surface area contributed by atoms with E-state index in [1.807, 2.05) is 60.7 Å². The fourth-order valence-electron chi connectivity index (χ4n) is 3.97. The maximum absolute atomic E-state index is 13.4. The number of fused-ring (bicyclic) bond motifs is 2. The second-order valence-corrected chi connectivity index (χ2v) is 7.86. The van der Waals surface area contributed by atoms with Crippen molar-refractivity contribution < 1.29 is 14.2 Å². The third-order valence-electron chi connectivity index (χ3n) is 5.79. The first kappa shape index (κ1) is 22.2. The molecule has 0 spiro atoms. The third-order valence-corrected chi connectivity index (χ3v) is 5.79. The lowest BCUT2D eigenvalue weighted by Gasteiger charge is -2.12. The van der Waals surface area contributed by atoms with Gasteiger partial charge in [-0.25, -0.2) is 4.98 Å². The molecule has 35 heavy (non-hydrogen) atoms. The molecule has 0 aliphatic rings. The molecule has 0 bridgehead atoms. The first-order valence-electron chi connectivity index (χ1n) is 11.0. The summed E-state index contributed by atoms with van der Waals surface area (Å²) in [5.74, 6) is 2.32. The zero-order valence-electron chi connectivity index (χ0n) is 19.6. The molecular weight excluding hydrogens is 442 g/mol. The standard InChI is InChI=1S/C28H23N3O4/c1-33-22-12-10-19-14-18(8-9-20(19)15-22)17-29-31-27(21-11-13-25(34-2)26(16-21)35-3)30-24-7-5-4-6-23(24)28(31)32/h4-17H,1-3H3. The van der Waals surface area contributed by atoms with Crippen molar-refractivity contribution in [2.75, 3.05) is 21.3 Å². The fraction of sp³-hybridized carbons (Fsp3) is 0.107. The number of methoxy groups -OCH3 is 3. The number of nitrogens with zero attached hydrogens (tertiary/aromatic N) is 3. The summed E-state index contributed by atoms with van der Waals surface area (Å²) < 4.78 is 17.4. The molecule has 7 nitrogen and oxygen atoms in total. The Hall–Kier alpha value is -4.65. The number of hydrogen-bond acceptors (Lipinski definition) is 6. The fourth-order valence-corrected chi connectivity index (χ4v) is 3.97. The molecule has 0 unspecified atom stereocenters. The highest BCUT2D eigenvalue weighted by Crippen LogP contribution is 2.32. The van der Waals surface area contributed by atoms with Crippen LogP contribution in [0.1, 0.15) is 5.56 Å². The van der Waals surface area contributed by atoms with E-state index in [2.05, 4.69) is 5.10 Å². The normalized spacial score (nSPS) is 11.3. The van der Waals surface area contributed by atoms with E-state index in [4.69, 9.17) is 19.2 Å². The van der Waals surface area contributed by atoms with Crippen LogP contribution in [0.2, 0.25) is 0 Å². The van der Waals surface area contributed by atoms with Crippen LogP contribution in [0.25, 0.3) is 33.1 Å². The number of aromatic nitrogens is 2. The highest BCUT2D eigenvalue weighted by Gasteiger charge is 2.15. The van der Waals surface area contributed by atoms with Gasteiger partial charge in [0.1, 0.15) is 5.75 Å². The Bertz CT molecular complexity index is 1640. The molecule has 0 N–H and O–H groups in total. The first-order valence-corrected chi connectivity index (χ1v) is 11.0. The number of benzene rings is 4. The highest BCUT2D eigenvalue weighted by atomic mass is 16.5. The van der Waals surface area contributed by atoms with Crippen molar-refractivity contribution in [2.45, 2.75) is 0 Å². The predicted molar refractivity (Wildman–Crippen MR) is 138 cm³/mol. The van der Waals surface area contributed by atoms with Gasteiger partial charge in [-0.05, 0) is 64.9 Å². The van der Waals surface area contributed by atoms with Gasteiger partial charge in [0.25, 0.3) is 5.56 Å². The van der Waals surface area contributed by atoms with Crippen molar-refractivity contribution in [3.05, 3.63) is 94.8 Å². The molecule has 0 fully saturated rings. The van der Waals surface area contributed by atoms with Gasteiger partial charge in [-0.2, -0.15) is 9.78 Å². The highest BCUT2D eigenvalue weighted by molar-refractivity contribution is 5.91. The van der Waals surface area contributed by atoms with E-state index in [0.29, 0.717) is 33.8 Å². The van der Waals surface area contributed by atoms with Crippen molar-refractivity contribution in [3.63, 3.8) is 0 Å². The molecule has 7 heteroatoms. The molecule has 4 aromatic carbocycles. The van der Waals surface area contributed by atoms with E-state index < -0.39 is 0 Å². The van der Waals surface area contributed by atoms with Crippen LogP contribution in [0.5, 0.6) is 17.2 Å². The Morgan fingerprint density at radius 3 is 2.37 bits per heavy atom. The summed E-state index contributed by atoms with van der Waals surface area (Å²) in [6.07, 6.45) is 1.66. The van der Waals surface area contributed by atoms with E-state index in [1.165, 1.54) is 4.68 Å². The van der Waals surface area contributed by atoms with E-state index in [9.17, 15) is 4.79 Å². The lowest BCUT2D eigenvalue weighted by Crippen LogP contribution is -2.20. The minimum absolute atomic E-state index is 0.262. The van der Waals surface area contributed by atoms with E-state index in [-0.39, 0.29) is 5.56 Å². The lowest BCUT2D eigenvalue weighted by molar-refractivity contribution is 0.355. The minimum Gasteiger partial charge on any atom is -0.497 e. The van der Waals surface area contributed by atoms with Crippen LogP contribution in [0.3, 0.4) is 0 Å². The Kier molecular flexibility index (Phi) is 5.89. The number of ether oxygens (including phenoxy) is 3. The van der Waals surface area contributed by atoms with Crippen molar-refractivity contribution in [1.82, 2.24) is 9.66 Å². The van der Waals surface area contributed by atoms with Crippen molar-refractivity contribution in [2.24, 2.45) is 5.10 Å². The average molecular weight is 466 g/mol. The number of para-hydroxylation sites is 1. The van der Waals surface area contributed by atoms with Crippen molar-refractivity contribution in [1.29, 1.82) is 0 Å². The predicted octanol–water partition coefficient (Wildman–Crippen LogP) is 5.12. The topological polar surface area (TPSA) is 74.9 Å². The Balaban J connectivity index is 1.65. The molecule has 5 aromatic rings. The Labute approximate surface area is 201 Å². The van der Waals surface area contributed by atoms with Gasteiger partial charge in [-0.3, -0.25) is 4.79 Å². The molecule has 1 heterocycles. The molecule has 0 radical (unpaired) electrons. The maximum Gasteiger partial charge on any atom is 0.282 e. The van der Waals surface area contributed by atoms with Gasteiger partial charge in [0.05, 0.1) is 38.4 Å². The number of hydrogen-bond donors (Lipinski definition) is 0. The van der Waals surface area contributed by atoms with Gasteiger partial charge in [-0.15, -0.1) is 0 Å². The molecule has 0 aliphatic heterocycles. The quantitative estimate of drug-likeness (QED) is 0.325. The third kappa shape index (κ3) is 4.19. The van der Waals surface area contributed by atoms with E-state index in [0.717, 1.165) is 22.1 Å². The van der Waals surface area contributed by atoms with Crippen molar-refractivity contribution in [3.8, 4) is 28.6 Å². The molecule has 0 aliphatic carbocycles. The van der Waals surface area contributed by atoms with Crippen molar-refractivity contribution >= 4 is 27.9 Å². The first-order chi connectivity index (χ1) is 17.1. The molecular formula is C28H23N3O4. The van der Waals surface area contributed by atoms with Gasteiger partial charge in [0, 0.05) is 5.56 Å². The molecule has 0 saturated carbocycles. The summed E-state index contributed by atoms with van der Waals surface area (Å²) >= 11 is 0. The number of rotatable bonds is 6. The van der Waals surface area contributed by atoms with Gasteiger partial charge >= 0.3 is 0 Å². The van der Waals surface area contributed by atoms with Crippen LogP contribution in [0, 0.1) is 0 Å². The maximum atomic E-state index is 13.4.